The van der Waals surface area contributed by atoms with Crippen LogP contribution in [0.15, 0.2) is 48.5 Å². The Morgan fingerprint density at radius 2 is 1.20 bits per heavy atom. The standard InChI is InChI=1S/C13H13F3O2.C12H11F3O2/c1-8-11(6-7-18-12(8)17)9-2-4-10(5-3-9)13(14,15)16;13-12(14,15)10-3-1-8(2-4-10)9-5-6-17-11(16)7-9/h2-5,8,11H,6-7H2,1H3;1-4,9H,5-7H2. The van der Waals surface area contributed by atoms with Gasteiger partial charge in [0.1, 0.15) is 0 Å². The second-order valence-electron chi connectivity index (χ2n) is 8.50. The molecule has 4 rings (SSSR count). The molecule has 0 saturated carbocycles. The van der Waals surface area contributed by atoms with E-state index >= 15 is 0 Å². The van der Waals surface area contributed by atoms with Crippen LogP contribution >= 0.6 is 0 Å². The zero-order valence-electron chi connectivity index (χ0n) is 18.8. The number of hydrogen-bond donors (Lipinski definition) is 0. The van der Waals surface area contributed by atoms with E-state index in [9.17, 15) is 35.9 Å². The van der Waals surface area contributed by atoms with Crippen molar-refractivity contribution in [3.8, 4) is 0 Å². The van der Waals surface area contributed by atoms with Crippen molar-refractivity contribution in [1.82, 2.24) is 0 Å². The summed E-state index contributed by atoms with van der Waals surface area (Å²) >= 11 is 0. The number of cyclic esters (lactones) is 2. The second kappa shape index (κ2) is 10.7. The quantitative estimate of drug-likeness (QED) is 0.348. The van der Waals surface area contributed by atoms with Gasteiger partial charge in [0, 0.05) is 5.92 Å². The van der Waals surface area contributed by atoms with Gasteiger partial charge >= 0.3 is 24.3 Å². The molecule has 0 aromatic heterocycles. The summed E-state index contributed by atoms with van der Waals surface area (Å²) in [6.07, 6.45) is -7.08. The third-order valence-electron chi connectivity index (χ3n) is 6.17. The Labute approximate surface area is 198 Å². The molecule has 0 N–H and O–H groups in total. The van der Waals surface area contributed by atoms with Gasteiger partial charge in [-0.15, -0.1) is 0 Å². The van der Waals surface area contributed by atoms with Gasteiger partial charge in [-0.1, -0.05) is 31.2 Å². The summed E-state index contributed by atoms with van der Waals surface area (Å²) in [7, 11) is 0. The van der Waals surface area contributed by atoms with E-state index in [1.54, 1.807) is 6.92 Å². The third kappa shape index (κ3) is 6.99. The number of esters is 2. The highest BCUT2D eigenvalue weighted by molar-refractivity contribution is 5.74. The van der Waals surface area contributed by atoms with Crippen LogP contribution in [0.3, 0.4) is 0 Å². The predicted molar refractivity (Wildman–Crippen MR) is 113 cm³/mol. The largest absolute Gasteiger partial charge is 0.466 e. The van der Waals surface area contributed by atoms with E-state index < -0.39 is 23.5 Å². The van der Waals surface area contributed by atoms with Gasteiger partial charge in [-0.2, -0.15) is 26.3 Å². The van der Waals surface area contributed by atoms with Crippen LogP contribution in [-0.2, 0) is 31.4 Å². The highest BCUT2D eigenvalue weighted by atomic mass is 19.4. The lowest BCUT2D eigenvalue weighted by Gasteiger charge is -2.28. The number of benzene rings is 2. The van der Waals surface area contributed by atoms with Crippen molar-refractivity contribution in [2.75, 3.05) is 13.2 Å². The SMILES string of the molecule is CC1C(=O)OCCC1c1ccc(C(F)(F)F)cc1.O=C1CC(c2ccc(C(F)(F)F)cc2)CCO1. The number of ether oxygens (including phenoxy) is 2. The van der Waals surface area contributed by atoms with Crippen molar-refractivity contribution < 1.29 is 45.4 Å². The summed E-state index contributed by atoms with van der Waals surface area (Å²) in [5.74, 6) is -0.977. The molecule has 0 amide bonds. The molecule has 3 atom stereocenters. The average molecular weight is 502 g/mol. The van der Waals surface area contributed by atoms with Crippen molar-refractivity contribution in [3.63, 3.8) is 0 Å². The van der Waals surface area contributed by atoms with E-state index in [-0.39, 0.29) is 36.1 Å². The predicted octanol–water partition coefficient (Wildman–Crippen LogP) is 6.50. The molecule has 10 heteroatoms. The minimum atomic E-state index is -4.32. The van der Waals surface area contributed by atoms with Crippen LogP contribution in [0, 0.1) is 5.92 Å². The minimum absolute atomic E-state index is 0.0291. The molecule has 2 aromatic rings. The second-order valence-corrected chi connectivity index (χ2v) is 8.50. The molecule has 3 unspecified atom stereocenters. The van der Waals surface area contributed by atoms with Gasteiger partial charge in [-0.05, 0) is 54.2 Å². The lowest BCUT2D eigenvalue weighted by Crippen LogP contribution is -2.29. The van der Waals surface area contributed by atoms with Crippen LogP contribution in [0.4, 0.5) is 26.3 Å². The van der Waals surface area contributed by atoms with Gasteiger partial charge in [-0.25, -0.2) is 0 Å². The topological polar surface area (TPSA) is 52.6 Å². The molecule has 4 nitrogen and oxygen atoms in total. The van der Waals surface area contributed by atoms with Gasteiger partial charge < -0.3 is 9.47 Å². The molecule has 0 bridgehead atoms. The van der Waals surface area contributed by atoms with Crippen molar-refractivity contribution in [2.24, 2.45) is 5.92 Å². The third-order valence-corrected chi connectivity index (χ3v) is 6.17. The lowest BCUT2D eigenvalue weighted by atomic mass is 9.83. The fourth-order valence-corrected chi connectivity index (χ4v) is 4.11. The van der Waals surface area contributed by atoms with Crippen molar-refractivity contribution in [1.29, 1.82) is 0 Å². The molecule has 190 valence electrons. The molecule has 0 spiro atoms. The van der Waals surface area contributed by atoms with Crippen LogP contribution < -0.4 is 0 Å². The molecule has 0 radical (unpaired) electrons. The Kier molecular flexibility index (Phi) is 8.12. The van der Waals surface area contributed by atoms with E-state index in [1.807, 2.05) is 0 Å². The van der Waals surface area contributed by atoms with Crippen molar-refractivity contribution in [3.05, 3.63) is 70.8 Å². The summed E-state index contributed by atoms with van der Waals surface area (Å²) in [4.78, 5) is 22.5. The first kappa shape index (κ1) is 26.6. The van der Waals surface area contributed by atoms with Crippen LogP contribution in [-0.4, -0.2) is 25.2 Å². The van der Waals surface area contributed by atoms with Crippen LogP contribution in [0.1, 0.15) is 60.3 Å². The number of carbonyl (C=O) groups is 2. The molecule has 2 saturated heterocycles. The Hall–Kier alpha value is -3.04. The van der Waals surface area contributed by atoms with Gasteiger partial charge in [0.05, 0.1) is 36.7 Å². The monoisotopic (exact) mass is 502 g/mol. The van der Waals surface area contributed by atoms with Crippen LogP contribution in [0.5, 0.6) is 0 Å². The first-order chi connectivity index (χ1) is 16.4. The normalized spacial score (nSPS) is 23.0. The zero-order valence-corrected chi connectivity index (χ0v) is 18.8. The maximum absolute atomic E-state index is 12.4. The van der Waals surface area contributed by atoms with Gasteiger partial charge in [0.15, 0.2) is 0 Å². The number of rotatable bonds is 2. The maximum Gasteiger partial charge on any atom is 0.416 e. The van der Waals surface area contributed by atoms with E-state index in [0.717, 1.165) is 35.4 Å². The van der Waals surface area contributed by atoms with Gasteiger partial charge in [0.25, 0.3) is 0 Å². The lowest BCUT2D eigenvalue weighted by molar-refractivity contribution is -0.153. The molecule has 2 aliphatic heterocycles. The number of hydrogen-bond acceptors (Lipinski definition) is 4. The first-order valence-corrected chi connectivity index (χ1v) is 11.0. The molecular formula is C25H24F6O4. The smallest absolute Gasteiger partial charge is 0.416 e. The molecule has 2 heterocycles. The summed E-state index contributed by atoms with van der Waals surface area (Å²) in [5.41, 5.74) is 0.179. The average Bonchev–Trinajstić information content (AvgIpc) is 2.80. The van der Waals surface area contributed by atoms with E-state index in [0.29, 0.717) is 26.1 Å². The molecule has 2 aromatic carbocycles. The van der Waals surface area contributed by atoms with Gasteiger partial charge in [-0.3, -0.25) is 9.59 Å². The molecule has 2 aliphatic rings. The van der Waals surface area contributed by atoms with E-state index in [4.69, 9.17) is 9.47 Å². The zero-order chi connectivity index (χ0) is 25.8. The molecule has 2 fully saturated rings. The maximum atomic E-state index is 12.4. The number of alkyl halides is 6. The van der Waals surface area contributed by atoms with E-state index in [2.05, 4.69) is 0 Å². The Morgan fingerprint density at radius 1 is 0.714 bits per heavy atom. The Morgan fingerprint density at radius 3 is 1.69 bits per heavy atom. The van der Waals surface area contributed by atoms with Crippen molar-refractivity contribution >= 4 is 11.9 Å². The number of carbonyl (C=O) groups excluding carboxylic acids is 2. The first-order valence-electron chi connectivity index (χ1n) is 11.0. The number of halogens is 6. The summed E-state index contributed by atoms with van der Waals surface area (Å²) in [5, 5.41) is 0. The van der Waals surface area contributed by atoms with E-state index in [1.165, 1.54) is 24.3 Å². The summed E-state index contributed by atoms with van der Waals surface area (Å²) in [6.45, 7) is 2.41. The van der Waals surface area contributed by atoms with Gasteiger partial charge in [0.2, 0.25) is 0 Å². The Bertz CT molecular complexity index is 1010. The van der Waals surface area contributed by atoms with Crippen LogP contribution in [0.25, 0.3) is 0 Å². The fourth-order valence-electron chi connectivity index (χ4n) is 4.11. The Balaban J connectivity index is 0.000000196. The molecule has 0 aliphatic carbocycles. The van der Waals surface area contributed by atoms with Crippen molar-refractivity contribution in [2.45, 2.75) is 50.4 Å². The van der Waals surface area contributed by atoms with Crippen LogP contribution in [0.2, 0.25) is 0 Å². The highest BCUT2D eigenvalue weighted by Gasteiger charge is 2.33. The highest BCUT2D eigenvalue weighted by Crippen LogP contribution is 2.35. The molecular weight excluding hydrogens is 478 g/mol. The molecule has 35 heavy (non-hydrogen) atoms. The fraction of sp³-hybridized carbons (Fsp3) is 0.440. The summed E-state index contributed by atoms with van der Waals surface area (Å²) in [6, 6.07) is 9.98. The minimum Gasteiger partial charge on any atom is -0.466 e. The summed E-state index contributed by atoms with van der Waals surface area (Å²) < 4.78 is 84.0.